The van der Waals surface area contributed by atoms with Crippen LogP contribution in [-0.4, -0.2) is 40.0 Å². The number of benzene rings is 1. The van der Waals surface area contributed by atoms with Crippen molar-refractivity contribution in [3.63, 3.8) is 0 Å². The average Bonchev–Trinajstić information content (AvgIpc) is 2.26. The quantitative estimate of drug-likeness (QED) is 0.319. The van der Waals surface area contributed by atoms with Crippen molar-refractivity contribution in [3.8, 4) is 5.75 Å². The van der Waals surface area contributed by atoms with Crippen LogP contribution in [-0.2, 0) is 20.0 Å². The fourth-order valence-corrected chi connectivity index (χ4v) is 2.54. The van der Waals surface area contributed by atoms with Crippen molar-refractivity contribution < 1.29 is 55.7 Å². The van der Waals surface area contributed by atoms with Gasteiger partial charge in [0.1, 0.15) is 5.75 Å². The van der Waals surface area contributed by atoms with E-state index in [1.165, 1.54) is 24.3 Å². The van der Waals surface area contributed by atoms with Gasteiger partial charge >= 0.3 is 29.6 Å². The Kier molecular flexibility index (Phi) is 8.30. The van der Waals surface area contributed by atoms with E-state index < -0.39 is 25.7 Å². The molecule has 1 aromatic rings. The number of unbranched alkanes of at least 4 members (excludes halogenated alkanes) is 1. The van der Waals surface area contributed by atoms with Crippen LogP contribution in [0.1, 0.15) is 12.8 Å². The maximum absolute atomic E-state index is 11.2. The standard InChI is InChI=1S/C11H16O6S2.Na/c1-18(12,13)11-6-4-10(5-7-11)17-8-2-3-9-19(14,15)16;/h4-7H,2-3,8-9H2,1H3,(H,14,15,16);/q;+1/p-1. The van der Waals surface area contributed by atoms with Crippen molar-refractivity contribution in [1.82, 2.24) is 0 Å². The first-order valence-electron chi connectivity index (χ1n) is 5.55. The van der Waals surface area contributed by atoms with Crippen molar-refractivity contribution in [2.75, 3.05) is 18.6 Å². The smallest absolute Gasteiger partial charge is 0.748 e. The summed E-state index contributed by atoms with van der Waals surface area (Å²) < 4.78 is 58.7. The number of hydrogen-bond acceptors (Lipinski definition) is 6. The number of ether oxygens (including phenoxy) is 1. The van der Waals surface area contributed by atoms with Crippen molar-refractivity contribution in [2.24, 2.45) is 0 Å². The van der Waals surface area contributed by atoms with E-state index in [9.17, 15) is 21.4 Å². The van der Waals surface area contributed by atoms with Gasteiger partial charge in [0.2, 0.25) is 0 Å². The first-order valence-corrected chi connectivity index (χ1v) is 9.02. The molecule has 0 amide bonds. The van der Waals surface area contributed by atoms with E-state index in [-0.39, 0.29) is 47.5 Å². The maximum Gasteiger partial charge on any atom is 1.00 e. The van der Waals surface area contributed by atoms with E-state index in [4.69, 9.17) is 4.74 Å². The molecule has 0 saturated carbocycles. The Labute approximate surface area is 141 Å². The summed E-state index contributed by atoms with van der Waals surface area (Å²) in [7, 11) is -7.39. The molecule has 0 radical (unpaired) electrons. The van der Waals surface area contributed by atoms with E-state index in [1.54, 1.807) is 0 Å². The molecule has 0 bridgehead atoms. The second kappa shape index (κ2) is 8.35. The zero-order valence-corrected chi connectivity index (χ0v) is 15.0. The molecule has 0 fully saturated rings. The van der Waals surface area contributed by atoms with Crippen molar-refractivity contribution in [2.45, 2.75) is 17.7 Å². The molecule has 0 aliphatic heterocycles. The van der Waals surface area contributed by atoms with Crippen LogP contribution in [0.5, 0.6) is 5.75 Å². The zero-order valence-electron chi connectivity index (χ0n) is 11.4. The molecule has 0 unspecified atom stereocenters. The Hall–Kier alpha value is -0.120. The summed E-state index contributed by atoms with van der Waals surface area (Å²) in [4.78, 5) is 0.206. The monoisotopic (exact) mass is 330 g/mol. The summed E-state index contributed by atoms with van der Waals surface area (Å²) in [6.45, 7) is 0.272. The molecule has 0 spiro atoms. The summed E-state index contributed by atoms with van der Waals surface area (Å²) in [5.74, 6) is 0.0981. The van der Waals surface area contributed by atoms with Crippen LogP contribution in [0.4, 0.5) is 0 Å². The summed E-state index contributed by atoms with van der Waals surface area (Å²) in [6.07, 6.45) is 1.80. The van der Waals surface area contributed by atoms with E-state index in [2.05, 4.69) is 0 Å². The molecule has 0 aliphatic rings. The second-order valence-electron chi connectivity index (χ2n) is 4.06. The van der Waals surface area contributed by atoms with Crippen LogP contribution in [0, 0.1) is 0 Å². The molecule has 20 heavy (non-hydrogen) atoms. The fraction of sp³-hybridized carbons (Fsp3) is 0.455. The molecule has 6 nitrogen and oxygen atoms in total. The van der Waals surface area contributed by atoms with Gasteiger partial charge < -0.3 is 9.29 Å². The second-order valence-corrected chi connectivity index (χ2v) is 7.60. The third-order valence-corrected chi connectivity index (χ3v) is 4.23. The Balaban J connectivity index is 0.00000361. The minimum Gasteiger partial charge on any atom is -0.748 e. The van der Waals surface area contributed by atoms with Crippen molar-refractivity contribution >= 4 is 20.0 Å². The molecule has 0 saturated heterocycles. The van der Waals surface area contributed by atoms with Gasteiger partial charge in [0, 0.05) is 12.0 Å². The maximum atomic E-state index is 11.2. The van der Waals surface area contributed by atoms with E-state index in [1.807, 2.05) is 0 Å². The van der Waals surface area contributed by atoms with Gasteiger partial charge in [0.25, 0.3) is 0 Å². The Morgan fingerprint density at radius 2 is 1.60 bits per heavy atom. The molecule has 0 heterocycles. The van der Waals surface area contributed by atoms with Gasteiger partial charge in [-0.25, -0.2) is 16.8 Å². The van der Waals surface area contributed by atoms with Gasteiger partial charge in [0.05, 0.1) is 21.6 Å². The molecule has 9 heteroatoms. The predicted molar refractivity (Wildman–Crippen MR) is 68.8 cm³/mol. The van der Waals surface area contributed by atoms with Crippen LogP contribution in [0.25, 0.3) is 0 Å². The molecule has 1 rings (SSSR count). The molecular formula is C11H15NaO6S2. The first-order chi connectivity index (χ1) is 8.68. The Bertz CT molecular complexity index is 607. The third kappa shape index (κ3) is 8.23. The van der Waals surface area contributed by atoms with Gasteiger partial charge in [-0.05, 0) is 37.1 Å². The van der Waals surface area contributed by atoms with Crippen LogP contribution >= 0.6 is 0 Å². The fourth-order valence-electron chi connectivity index (χ4n) is 1.35. The summed E-state index contributed by atoms with van der Waals surface area (Å²) in [6, 6.07) is 5.93. The Morgan fingerprint density at radius 1 is 1.05 bits per heavy atom. The molecular weight excluding hydrogens is 315 g/mol. The van der Waals surface area contributed by atoms with E-state index in [0.717, 1.165) is 6.26 Å². The summed E-state index contributed by atoms with van der Waals surface area (Å²) in [5, 5.41) is 0. The van der Waals surface area contributed by atoms with Gasteiger partial charge in [-0.3, -0.25) is 0 Å². The van der Waals surface area contributed by atoms with Gasteiger partial charge in [-0.1, -0.05) is 0 Å². The topological polar surface area (TPSA) is 101 Å². The number of sulfone groups is 1. The van der Waals surface area contributed by atoms with Crippen LogP contribution < -0.4 is 34.3 Å². The number of rotatable bonds is 7. The Morgan fingerprint density at radius 3 is 2.05 bits per heavy atom. The SMILES string of the molecule is CS(=O)(=O)c1ccc(OCCCCS(=O)(=O)[O-])cc1.[Na+]. The minimum atomic E-state index is -4.16. The van der Waals surface area contributed by atoms with Gasteiger partial charge in [-0.2, -0.15) is 0 Å². The normalized spacial score (nSPS) is 11.7. The van der Waals surface area contributed by atoms with Crippen LogP contribution in [0.2, 0.25) is 0 Å². The molecule has 0 atom stereocenters. The van der Waals surface area contributed by atoms with Gasteiger partial charge in [-0.15, -0.1) is 0 Å². The van der Waals surface area contributed by atoms with Crippen molar-refractivity contribution in [1.29, 1.82) is 0 Å². The molecule has 0 aromatic heterocycles. The van der Waals surface area contributed by atoms with E-state index in [0.29, 0.717) is 12.2 Å². The molecule has 1 aromatic carbocycles. The van der Waals surface area contributed by atoms with Gasteiger partial charge in [0.15, 0.2) is 9.84 Å². The average molecular weight is 330 g/mol. The third-order valence-electron chi connectivity index (χ3n) is 2.31. The molecule has 0 N–H and O–H groups in total. The van der Waals surface area contributed by atoms with Crippen LogP contribution in [0.3, 0.4) is 0 Å². The largest absolute Gasteiger partial charge is 1.00 e. The van der Waals surface area contributed by atoms with Crippen molar-refractivity contribution in [3.05, 3.63) is 24.3 Å². The minimum absolute atomic E-state index is 0. The first kappa shape index (κ1) is 19.9. The molecule has 108 valence electrons. The summed E-state index contributed by atoms with van der Waals surface area (Å²) >= 11 is 0. The zero-order chi connectivity index (χ0) is 14.5. The van der Waals surface area contributed by atoms with E-state index >= 15 is 0 Å². The number of hydrogen-bond donors (Lipinski definition) is 0. The molecule has 0 aliphatic carbocycles. The summed E-state index contributed by atoms with van der Waals surface area (Å²) in [5.41, 5.74) is 0. The van der Waals surface area contributed by atoms with Crippen LogP contribution in [0.15, 0.2) is 29.2 Å². The predicted octanol–water partition coefficient (Wildman–Crippen LogP) is -2.20.